The molecule has 3 heteroatoms. The van der Waals surface area contributed by atoms with Gasteiger partial charge < -0.3 is 5.32 Å². The fourth-order valence-corrected chi connectivity index (χ4v) is 3.48. The number of likely N-dealkylation sites (N-methyl/N-ethyl adjacent to an activating group) is 1. The second kappa shape index (κ2) is 8.34. The van der Waals surface area contributed by atoms with Crippen LogP contribution in [0, 0.1) is 5.92 Å². The summed E-state index contributed by atoms with van der Waals surface area (Å²) >= 11 is 0. The van der Waals surface area contributed by atoms with Gasteiger partial charge in [-0.15, -0.1) is 12.4 Å². The Kier molecular flexibility index (Phi) is 7.49. The van der Waals surface area contributed by atoms with E-state index in [1.807, 2.05) is 0 Å². The minimum Gasteiger partial charge on any atom is -0.318 e. The molecule has 102 valence electrons. The fourth-order valence-electron chi connectivity index (χ4n) is 3.48. The summed E-state index contributed by atoms with van der Waals surface area (Å²) in [6, 6.07) is 0.827. The molecule has 1 aliphatic heterocycles. The van der Waals surface area contributed by atoms with Gasteiger partial charge in [0.25, 0.3) is 0 Å². The summed E-state index contributed by atoms with van der Waals surface area (Å²) in [7, 11) is 2.09. The van der Waals surface area contributed by atoms with Gasteiger partial charge in [-0.25, -0.2) is 0 Å². The van der Waals surface area contributed by atoms with Crippen molar-refractivity contribution in [3.8, 4) is 0 Å². The van der Waals surface area contributed by atoms with E-state index in [2.05, 4.69) is 17.3 Å². The Balaban J connectivity index is 0.00000144. The molecule has 1 N–H and O–H groups in total. The molecule has 0 aromatic carbocycles. The lowest BCUT2D eigenvalue weighted by Gasteiger charge is -2.28. The third-order valence-electron chi connectivity index (χ3n) is 4.41. The molecule has 1 unspecified atom stereocenters. The lowest BCUT2D eigenvalue weighted by molar-refractivity contribution is 0.202. The van der Waals surface area contributed by atoms with Gasteiger partial charge in [0.2, 0.25) is 0 Å². The van der Waals surface area contributed by atoms with Crippen molar-refractivity contribution in [2.45, 2.75) is 57.4 Å². The van der Waals surface area contributed by atoms with Crippen LogP contribution in [0.2, 0.25) is 0 Å². The Morgan fingerprint density at radius 2 is 1.71 bits per heavy atom. The van der Waals surface area contributed by atoms with E-state index in [1.165, 1.54) is 71.0 Å². The van der Waals surface area contributed by atoms with E-state index >= 15 is 0 Å². The van der Waals surface area contributed by atoms with E-state index in [1.54, 1.807) is 0 Å². The number of rotatable bonds is 4. The highest BCUT2D eigenvalue weighted by Gasteiger charge is 2.26. The summed E-state index contributed by atoms with van der Waals surface area (Å²) < 4.78 is 0. The van der Waals surface area contributed by atoms with Crippen LogP contribution in [0.5, 0.6) is 0 Å². The molecular weight excluding hydrogens is 232 g/mol. The maximum absolute atomic E-state index is 3.35. The van der Waals surface area contributed by atoms with Gasteiger partial charge >= 0.3 is 0 Å². The molecule has 2 rings (SSSR count). The van der Waals surface area contributed by atoms with Crippen molar-refractivity contribution in [1.29, 1.82) is 0 Å². The molecular formula is C14H29ClN2. The summed E-state index contributed by atoms with van der Waals surface area (Å²) in [6.07, 6.45) is 11.7. The lowest BCUT2D eigenvalue weighted by atomic mass is 9.99. The predicted molar refractivity (Wildman–Crippen MR) is 77.0 cm³/mol. The first-order valence-corrected chi connectivity index (χ1v) is 7.29. The van der Waals surface area contributed by atoms with Crippen LogP contribution in [-0.4, -0.2) is 37.6 Å². The van der Waals surface area contributed by atoms with E-state index < -0.39 is 0 Å². The Hall–Kier alpha value is 0.210. The van der Waals surface area contributed by atoms with E-state index in [-0.39, 0.29) is 12.4 Å². The summed E-state index contributed by atoms with van der Waals surface area (Å²) in [4.78, 5) is 2.76. The molecule has 1 heterocycles. The average Bonchev–Trinajstić information content (AvgIpc) is 2.56. The maximum Gasteiger partial charge on any atom is 0.0221 e. The van der Waals surface area contributed by atoms with Crippen molar-refractivity contribution >= 4 is 12.4 Å². The highest BCUT2D eigenvalue weighted by Crippen LogP contribution is 2.26. The van der Waals surface area contributed by atoms with Crippen molar-refractivity contribution in [3.63, 3.8) is 0 Å². The SMILES string of the molecule is CNCC1CCCN1CC1CCCCCC1.Cl. The Labute approximate surface area is 113 Å². The molecule has 1 aliphatic carbocycles. The van der Waals surface area contributed by atoms with Crippen LogP contribution in [0.3, 0.4) is 0 Å². The molecule has 0 spiro atoms. The van der Waals surface area contributed by atoms with Crippen molar-refractivity contribution in [3.05, 3.63) is 0 Å². The molecule has 17 heavy (non-hydrogen) atoms. The molecule has 1 saturated heterocycles. The highest BCUT2D eigenvalue weighted by molar-refractivity contribution is 5.85. The van der Waals surface area contributed by atoms with Crippen LogP contribution in [0.1, 0.15) is 51.4 Å². The van der Waals surface area contributed by atoms with Gasteiger partial charge in [-0.2, -0.15) is 0 Å². The summed E-state index contributed by atoms with van der Waals surface area (Å²) in [5.41, 5.74) is 0. The predicted octanol–water partition coefficient (Wildman–Crippen LogP) is 3.06. The van der Waals surface area contributed by atoms with Crippen molar-refractivity contribution in [2.75, 3.05) is 26.7 Å². The Morgan fingerprint density at radius 3 is 2.35 bits per heavy atom. The number of nitrogens with zero attached hydrogens (tertiary/aromatic N) is 1. The third kappa shape index (κ3) is 4.76. The molecule has 0 radical (unpaired) electrons. The first-order chi connectivity index (χ1) is 7.90. The van der Waals surface area contributed by atoms with E-state index in [0.29, 0.717) is 0 Å². The van der Waals surface area contributed by atoms with Gasteiger partial charge in [-0.05, 0) is 45.2 Å². The summed E-state index contributed by atoms with van der Waals surface area (Å²) in [5, 5.41) is 3.35. The molecule has 0 aromatic heterocycles. The van der Waals surface area contributed by atoms with Crippen LogP contribution in [0.25, 0.3) is 0 Å². The third-order valence-corrected chi connectivity index (χ3v) is 4.41. The van der Waals surface area contributed by atoms with Gasteiger partial charge in [0.05, 0.1) is 0 Å². The summed E-state index contributed by atoms with van der Waals surface area (Å²) in [5.74, 6) is 1.000. The molecule has 0 amide bonds. The second-order valence-electron chi connectivity index (χ2n) is 5.71. The average molecular weight is 261 g/mol. The monoisotopic (exact) mass is 260 g/mol. The minimum absolute atomic E-state index is 0. The van der Waals surface area contributed by atoms with Crippen molar-refractivity contribution in [1.82, 2.24) is 10.2 Å². The zero-order valence-electron chi connectivity index (χ0n) is 11.3. The van der Waals surface area contributed by atoms with Crippen LogP contribution in [0.15, 0.2) is 0 Å². The fraction of sp³-hybridized carbons (Fsp3) is 1.00. The van der Waals surface area contributed by atoms with Gasteiger partial charge in [0.1, 0.15) is 0 Å². The maximum atomic E-state index is 3.35. The van der Waals surface area contributed by atoms with Crippen molar-refractivity contribution in [2.24, 2.45) is 5.92 Å². The number of likely N-dealkylation sites (tertiary alicyclic amines) is 1. The van der Waals surface area contributed by atoms with Gasteiger partial charge in [0.15, 0.2) is 0 Å². The zero-order chi connectivity index (χ0) is 11.2. The van der Waals surface area contributed by atoms with Crippen LogP contribution < -0.4 is 5.32 Å². The van der Waals surface area contributed by atoms with Gasteiger partial charge in [-0.3, -0.25) is 4.90 Å². The minimum atomic E-state index is 0. The smallest absolute Gasteiger partial charge is 0.0221 e. The largest absolute Gasteiger partial charge is 0.318 e. The Bertz CT molecular complexity index is 191. The second-order valence-corrected chi connectivity index (χ2v) is 5.71. The zero-order valence-corrected chi connectivity index (χ0v) is 12.1. The molecule has 0 bridgehead atoms. The molecule has 1 atom stereocenters. The van der Waals surface area contributed by atoms with E-state index in [0.717, 1.165) is 12.0 Å². The Morgan fingerprint density at radius 1 is 1.00 bits per heavy atom. The first kappa shape index (κ1) is 15.3. The molecule has 1 saturated carbocycles. The molecule has 2 aliphatic rings. The van der Waals surface area contributed by atoms with E-state index in [4.69, 9.17) is 0 Å². The summed E-state index contributed by atoms with van der Waals surface area (Å²) in [6.45, 7) is 3.92. The molecule has 0 aromatic rings. The number of nitrogens with one attached hydrogen (secondary N) is 1. The normalized spacial score (nSPS) is 27.7. The van der Waals surface area contributed by atoms with Crippen molar-refractivity contribution < 1.29 is 0 Å². The van der Waals surface area contributed by atoms with Crippen LogP contribution in [0.4, 0.5) is 0 Å². The lowest BCUT2D eigenvalue weighted by Crippen LogP contribution is -2.39. The van der Waals surface area contributed by atoms with Crippen LogP contribution >= 0.6 is 12.4 Å². The van der Waals surface area contributed by atoms with Gasteiger partial charge in [-0.1, -0.05) is 25.7 Å². The number of hydrogen-bond acceptors (Lipinski definition) is 2. The number of halogens is 1. The van der Waals surface area contributed by atoms with Crippen LogP contribution in [-0.2, 0) is 0 Å². The highest BCUT2D eigenvalue weighted by atomic mass is 35.5. The topological polar surface area (TPSA) is 15.3 Å². The van der Waals surface area contributed by atoms with Gasteiger partial charge in [0, 0.05) is 19.1 Å². The standard InChI is InChI=1S/C14H28N2.ClH/c1-15-11-14-9-6-10-16(14)12-13-7-4-2-3-5-8-13;/h13-15H,2-12H2,1H3;1H. The van der Waals surface area contributed by atoms with E-state index in [9.17, 15) is 0 Å². The first-order valence-electron chi connectivity index (χ1n) is 7.29. The quantitative estimate of drug-likeness (QED) is 0.782. The molecule has 2 fully saturated rings. The number of hydrogen-bond donors (Lipinski definition) is 1. The molecule has 2 nitrogen and oxygen atoms in total.